The summed E-state index contributed by atoms with van der Waals surface area (Å²) in [6.45, 7) is 1.67. The Labute approximate surface area is 188 Å². The predicted octanol–water partition coefficient (Wildman–Crippen LogP) is 4.28. The number of benzene rings is 2. The van der Waals surface area contributed by atoms with Crippen LogP contribution >= 0.6 is 11.6 Å². The number of nitrogens with zero attached hydrogens (tertiary/aromatic N) is 2. The number of rotatable bonds is 5. The van der Waals surface area contributed by atoms with Crippen molar-refractivity contribution >= 4 is 34.9 Å². The van der Waals surface area contributed by atoms with Crippen LogP contribution in [0.1, 0.15) is 22.9 Å². The third-order valence-corrected chi connectivity index (χ3v) is 5.40. The van der Waals surface area contributed by atoms with E-state index >= 15 is 0 Å². The lowest BCUT2D eigenvalue weighted by Crippen LogP contribution is -2.29. The van der Waals surface area contributed by atoms with E-state index in [1.54, 1.807) is 55.5 Å². The normalized spacial score (nSPS) is 17.6. The number of halogens is 1. The number of anilines is 1. The van der Waals surface area contributed by atoms with Gasteiger partial charge in [-0.1, -0.05) is 22.8 Å². The number of aromatic nitrogens is 1. The van der Waals surface area contributed by atoms with Gasteiger partial charge in [-0.25, -0.2) is 0 Å². The molecule has 1 aromatic heterocycles. The number of Topliss-reactive ketones (excluding diaryl/α,β-unsaturated/α-hetero) is 1. The largest absolute Gasteiger partial charge is 0.507 e. The maximum atomic E-state index is 13.1. The molecular formula is C23H19ClN2O6. The van der Waals surface area contributed by atoms with Crippen molar-refractivity contribution in [2.75, 3.05) is 19.1 Å². The van der Waals surface area contributed by atoms with E-state index in [4.69, 9.17) is 25.6 Å². The zero-order chi connectivity index (χ0) is 23.0. The second kappa shape index (κ2) is 8.39. The molecule has 3 aromatic rings. The fraction of sp³-hybridized carbons (Fsp3) is 0.174. The molecule has 1 saturated heterocycles. The van der Waals surface area contributed by atoms with Crippen LogP contribution < -0.4 is 14.4 Å². The smallest absolute Gasteiger partial charge is 0.301 e. The van der Waals surface area contributed by atoms with Gasteiger partial charge in [-0.3, -0.25) is 14.5 Å². The molecular weight excluding hydrogens is 436 g/mol. The topological polar surface area (TPSA) is 102 Å². The first kappa shape index (κ1) is 21.5. The van der Waals surface area contributed by atoms with E-state index in [0.717, 1.165) is 0 Å². The van der Waals surface area contributed by atoms with Crippen LogP contribution in [0.4, 0.5) is 5.82 Å². The van der Waals surface area contributed by atoms with Gasteiger partial charge in [0.25, 0.3) is 5.78 Å². The Kier molecular flexibility index (Phi) is 5.63. The standard InChI is InChI=1S/C23H19ClN2O6/c1-12-10-18(25-32-12)26-20(14-6-9-16(30-2)17(11-14)31-3)19(22(28)23(26)29)21(27)13-4-7-15(24)8-5-13/h4-11,20,27H,1-3H3/b21-19+/t20-/m1/s1. The molecule has 0 saturated carbocycles. The number of amides is 1. The summed E-state index contributed by atoms with van der Waals surface area (Å²) < 4.78 is 15.8. The summed E-state index contributed by atoms with van der Waals surface area (Å²) in [6, 6.07) is 11.9. The second-order valence-electron chi connectivity index (χ2n) is 7.09. The molecule has 1 fully saturated rings. The lowest BCUT2D eigenvalue weighted by molar-refractivity contribution is -0.132. The Morgan fingerprint density at radius 2 is 1.75 bits per heavy atom. The Morgan fingerprint density at radius 3 is 2.34 bits per heavy atom. The number of carbonyl (C=O) groups is 2. The number of aliphatic hydroxyl groups excluding tert-OH is 1. The first-order chi connectivity index (χ1) is 15.3. The van der Waals surface area contributed by atoms with E-state index < -0.39 is 17.7 Å². The number of aliphatic hydroxyl groups is 1. The molecule has 0 aliphatic carbocycles. The highest BCUT2D eigenvalue weighted by Gasteiger charge is 2.48. The molecule has 1 aliphatic rings. The van der Waals surface area contributed by atoms with E-state index in [-0.39, 0.29) is 17.2 Å². The summed E-state index contributed by atoms with van der Waals surface area (Å²) in [7, 11) is 2.98. The van der Waals surface area contributed by atoms with Crippen molar-refractivity contribution in [1.82, 2.24) is 5.16 Å². The van der Waals surface area contributed by atoms with Crippen LogP contribution in [0, 0.1) is 6.92 Å². The zero-order valence-electron chi connectivity index (χ0n) is 17.5. The van der Waals surface area contributed by atoms with Crippen molar-refractivity contribution in [3.05, 3.63) is 76.0 Å². The highest BCUT2D eigenvalue weighted by atomic mass is 35.5. The first-order valence-corrected chi connectivity index (χ1v) is 9.95. The molecule has 32 heavy (non-hydrogen) atoms. The molecule has 164 valence electrons. The van der Waals surface area contributed by atoms with Crippen molar-refractivity contribution in [3.8, 4) is 11.5 Å². The van der Waals surface area contributed by atoms with Gasteiger partial charge in [-0.15, -0.1) is 0 Å². The molecule has 8 nitrogen and oxygen atoms in total. The van der Waals surface area contributed by atoms with Gasteiger partial charge in [0, 0.05) is 16.7 Å². The number of hydrogen-bond acceptors (Lipinski definition) is 7. The minimum Gasteiger partial charge on any atom is -0.507 e. The number of ether oxygens (including phenoxy) is 2. The molecule has 0 spiro atoms. The van der Waals surface area contributed by atoms with Gasteiger partial charge >= 0.3 is 5.91 Å². The predicted molar refractivity (Wildman–Crippen MR) is 117 cm³/mol. The minimum atomic E-state index is -0.977. The van der Waals surface area contributed by atoms with E-state index in [1.807, 2.05) is 0 Å². The molecule has 0 radical (unpaired) electrons. The quantitative estimate of drug-likeness (QED) is 0.348. The summed E-state index contributed by atoms with van der Waals surface area (Å²) in [5.41, 5.74) is 0.762. The number of ketones is 1. The van der Waals surface area contributed by atoms with Crippen LogP contribution in [0.2, 0.25) is 5.02 Å². The van der Waals surface area contributed by atoms with Gasteiger partial charge in [0.05, 0.1) is 25.8 Å². The Balaban J connectivity index is 1.95. The van der Waals surface area contributed by atoms with Gasteiger partial charge < -0.3 is 19.1 Å². The molecule has 2 heterocycles. The molecule has 1 N–H and O–H groups in total. The van der Waals surface area contributed by atoms with E-state index in [0.29, 0.717) is 33.4 Å². The van der Waals surface area contributed by atoms with Crippen molar-refractivity contribution in [3.63, 3.8) is 0 Å². The fourth-order valence-corrected chi connectivity index (χ4v) is 3.76. The van der Waals surface area contributed by atoms with Crippen LogP contribution in [-0.2, 0) is 9.59 Å². The molecule has 2 aromatic carbocycles. The van der Waals surface area contributed by atoms with E-state index in [1.165, 1.54) is 19.1 Å². The SMILES string of the molecule is COc1ccc([C@@H]2/C(=C(\O)c3ccc(Cl)cc3)C(=O)C(=O)N2c2cc(C)on2)cc1OC. The van der Waals surface area contributed by atoms with Gasteiger partial charge in [0.1, 0.15) is 11.5 Å². The second-order valence-corrected chi connectivity index (χ2v) is 7.52. The zero-order valence-corrected chi connectivity index (χ0v) is 18.2. The van der Waals surface area contributed by atoms with Crippen LogP contribution in [0.5, 0.6) is 11.5 Å². The van der Waals surface area contributed by atoms with Crippen LogP contribution in [0.15, 0.2) is 58.6 Å². The molecule has 9 heteroatoms. The lowest BCUT2D eigenvalue weighted by atomic mass is 9.95. The molecule has 1 atom stereocenters. The monoisotopic (exact) mass is 454 g/mol. The number of aryl methyl sites for hydroxylation is 1. The highest BCUT2D eigenvalue weighted by Crippen LogP contribution is 2.43. The molecule has 4 rings (SSSR count). The van der Waals surface area contributed by atoms with Gasteiger partial charge in [0.2, 0.25) is 0 Å². The molecule has 0 unspecified atom stereocenters. The first-order valence-electron chi connectivity index (χ1n) is 9.58. The number of carbonyl (C=O) groups excluding carboxylic acids is 2. The third-order valence-electron chi connectivity index (χ3n) is 5.15. The Bertz CT molecular complexity index is 1230. The Hall–Kier alpha value is -3.78. The fourth-order valence-electron chi connectivity index (χ4n) is 3.64. The third kappa shape index (κ3) is 3.58. The maximum Gasteiger partial charge on any atom is 0.301 e. The highest BCUT2D eigenvalue weighted by molar-refractivity contribution is 6.51. The molecule has 1 amide bonds. The van der Waals surface area contributed by atoms with Crippen LogP contribution in [0.3, 0.4) is 0 Å². The average Bonchev–Trinajstić information content (AvgIpc) is 3.34. The van der Waals surface area contributed by atoms with Gasteiger partial charge in [-0.2, -0.15) is 0 Å². The Morgan fingerprint density at radius 1 is 1.06 bits per heavy atom. The van der Waals surface area contributed by atoms with Gasteiger partial charge in [-0.05, 0) is 48.9 Å². The van der Waals surface area contributed by atoms with Crippen molar-refractivity contribution in [2.24, 2.45) is 0 Å². The minimum absolute atomic E-state index is 0.0924. The summed E-state index contributed by atoms with van der Waals surface area (Å²) >= 11 is 5.95. The van der Waals surface area contributed by atoms with Crippen molar-refractivity contribution in [1.29, 1.82) is 0 Å². The van der Waals surface area contributed by atoms with E-state index in [9.17, 15) is 14.7 Å². The molecule has 1 aliphatic heterocycles. The summed E-state index contributed by atoms with van der Waals surface area (Å²) in [6.07, 6.45) is 0. The molecule has 0 bridgehead atoms. The lowest BCUT2D eigenvalue weighted by Gasteiger charge is -2.23. The van der Waals surface area contributed by atoms with E-state index in [2.05, 4.69) is 5.16 Å². The maximum absolute atomic E-state index is 13.1. The van der Waals surface area contributed by atoms with Gasteiger partial charge in [0.15, 0.2) is 17.3 Å². The number of hydrogen-bond donors (Lipinski definition) is 1. The van der Waals surface area contributed by atoms with Crippen molar-refractivity contribution in [2.45, 2.75) is 13.0 Å². The van der Waals surface area contributed by atoms with Crippen molar-refractivity contribution < 1.29 is 28.7 Å². The van der Waals surface area contributed by atoms with Crippen LogP contribution in [-0.4, -0.2) is 36.2 Å². The number of methoxy groups -OCH3 is 2. The average molecular weight is 455 g/mol. The summed E-state index contributed by atoms with van der Waals surface area (Å²) in [4.78, 5) is 27.3. The summed E-state index contributed by atoms with van der Waals surface area (Å²) in [5.74, 6) is -0.527. The summed E-state index contributed by atoms with van der Waals surface area (Å²) in [5, 5.41) is 15.4. The van der Waals surface area contributed by atoms with Crippen LogP contribution in [0.25, 0.3) is 5.76 Å².